The summed E-state index contributed by atoms with van der Waals surface area (Å²) < 4.78 is 22.9. The smallest absolute Gasteiger partial charge is 0.247 e. The Kier molecular flexibility index (Phi) is 5.29. The molecule has 0 spiro atoms. The molecule has 1 amide bonds. The van der Waals surface area contributed by atoms with Gasteiger partial charge in [-0.1, -0.05) is 23.7 Å². The number of carbonyl (C=O) groups excluding carboxylic acids is 1. The summed E-state index contributed by atoms with van der Waals surface area (Å²) >= 11 is 5.91. The topological polar surface area (TPSA) is 54.5 Å². The fourth-order valence-electron chi connectivity index (χ4n) is 2.49. The number of amides is 1. The summed E-state index contributed by atoms with van der Waals surface area (Å²) in [6.07, 6.45) is 6.26. The summed E-state index contributed by atoms with van der Waals surface area (Å²) in [5, 5.41) is 0.610. The van der Waals surface area contributed by atoms with E-state index in [9.17, 15) is 13.2 Å². The van der Waals surface area contributed by atoms with E-state index in [2.05, 4.69) is 0 Å². The normalized spacial score (nSPS) is 16.7. The maximum atomic E-state index is 12.4. The third kappa shape index (κ3) is 5.14. The molecule has 0 aliphatic heterocycles. The van der Waals surface area contributed by atoms with Gasteiger partial charge in [0.1, 0.15) is 9.84 Å². The lowest BCUT2D eigenvalue weighted by molar-refractivity contribution is -0.128. The lowest BCUT2D eigenvalue weighted by Gasteiger charge is -2.27. The van der Waals surface area contributed by atoms with E-state index in [-0.39, 0.29) is 23.7 Å². The molecule has 1 aromatic rings. The Hall–Kier alpha value is -1.33. The molecule has 0 aromatic heterocycles. The van der Waals surface area contributed by atoms with Gasteiger partial charge in [0, 0.05) is 29.4 Å². The minimum atomic E-state index is -3.12. The summed E-state index contributed by atoms with van der Waals surface area (Å²) in [4.78, 5) is 14.1. The van der Waals surface area contributed by atoms with Crippen LogP contribution in [0, 0.1) is 0 Å². The SMILES string of the molecule is CC(CS(C)(=O)=O)N(C(=O)C=Cc1cccc(Cl)c1)C1CC1. The highest BCUT2D eigenvalue weighted by Crippen LogP contribution is 2.29. The fourth-order valence-corrected chi connectivity index (χ4v) is 3.73. The lowest BCUT2D eigenvalue weighted by atomic mass is 10.2. The first-order chi connectivity index (χ1) is 10.3. The monoisotopic (exact) mass is 341 g/mol. The van der Waals surface area contributed by atoms with E-state index in [1.807, 2.05) is 12.1 Å². The van der Waals surface area contributed by atoms with Crippen molar-refractivity contribution in [2.75, 3.05) is 12.0 Å². The van der Waals surface area contributed by atoms with E-state index in [1.165, 1.54) is 12.3 Å². The van der Waals surface area contributed by atoms with Gasteiger partial charge in [0.2, 0.25) is 5.91 Å². The van der Waals surface area contributed by atoms with Crippen molar-refractivity contribution in [1.82, 2.24) is 4.90 Å². The Bertz CT molecular complexity index is 680. The van der Waals surface area contributed by atoms with Gasteiger partial charge in [-0.15, -0.1) is 0 Å². The van der Waals surface area contributed by atoms with Crippen LogP contribution in [0.1, 0.15) is 25.3 Å². The van der Waals surface area contributed by atoms with Gasteiger partial charge < -0.3 is 4.90 Å². The molecule has 1 aliphatic rings. The molecule has 0 heterocycles. The predicted molar refractivity (Wildman–Crippen MR) is 89.5 cm³/mol. The molecule has 1 fully saturated rings. The number of halogens is 1. The van der Waals surface area contributed by atoms with Crippen molar-refractivity contribution in [2.24, 2.45) is 0 Å². The molecule has 1 atom stereocenters. The maximum Gasteiger partial charge on any atom is 0.247 e. The van der Waals surface area contributed by atoms with Gasteiger partial charge in [-0.25, -0.2) is 8.42 Å². The quantitative estimate of drug-likeness (QED) is 0.748. The van der Waals surface area contributed by atoms with E-state index in [4.69, 9.17) is 11.6 Å². The Labute approximate surface area is 136 Å². The molecule has 4 nitrogen and oxygen atoms in total. The molecule has 0 saturated heterocycles. The summed E-state index contributed by atoms with van der Waals surface area (Å²) in [6, 6.07) is 7.05. The van der Waals surface area contributed by atoms with Crippen LogP contribution in [0.3, 0.4) is 0 Å². The number of carbonyl (C=O) groups is 1. The van der Waals surface area contributed by atoms with Crippen LogP contribution >= 0.6 is 11.6 Å². The first kappa shape index (κ1) is 17.0. The predicted octanol–water partition coefficient (Wildman–Crippen LogP) is 2.78. The van der Waals surface area contributed by atoms with Gasteiger partial charge in [-0.05, 0) is 43.5 Å². The van der Waals surface area contributed by atoms with Crippen LogP contribution in [0.4, 0.5) is 0 Å². The highest BCUT2D eigenvalue weighted by atomic mass is 35.5. The fraction of sp³-hybridized carbons (Fsp3) is 0.438. The van der Waals surface area contributed by atoms with Crippen molar-refractivity contribution < 1.29 is 13.2 Å². The zero-order valence-electron chi connectivity index (χ0n) is 12.7. The van der Waals surface area contributed by atoms with Gasteiger partial charge in [-0.3, -0.25) is 4.79 Å². The highest BCUT2D eigenvalue weighted by molar-refractivity contribution is 7.90. The van der Waals surface area contributed by atoms with Crippen molar-refractivity contribution in [3.05, 3.63) is 40.9 Å². The second-order valence-corrected chi connectivity index (χ2v) is 8.43. The molecular formula is C16H20ClNO3S. The third-order valence-corrected chi connectivity index (χ3v) is 4.80. The van der Waals surface area contributed by atoms with Crippen molar-refractivity contribution in [1.29, 1.82) is 0 Å². The maximum absolute atomic E-state index is 12.4. The Morgan fingerprint density at radius 2 is 2.14 bits per heavy atom. The van der Waals surface area contributed by atoms with Crippen LogP contribution in [0.15, 0.2) is 30.3 Å². The van der Waals surface area contributed by atoms with Crippen LogP contribution < -0.4 is 0 Å². The molecule has 1 saturated carbocycles. The van der Waals surface area contributed by atoms with Crippen molar-refractivity contribution >= 4 is 33.4 Å². The van der Waals surface area contributed by atoms with E-state index < -0.39 is 9.84 Å². The second kappa shape index (κ2) is 6.84. The van der Waals surface area contributed by atoms with Crippen LogP contribution in [0.5, 0.6) is 0 Å². The van der Waals surface area contributed by atoms with Crippen molar-refractivity contribution in [3.8, 4) is 0 Å². The summed E-state index contributed by atoms with van der Waals surface area (Å²) in [5.41, 5.74) is 0.840. The lowest BCUT2D eigenvalue weighted by Crippen LogP contribution is -2.43. The number of benzene rings is 1. The summed E-state index contributed by atoms with van der Waals surface area (Å²) in [6.45, 7) is 1.78. The molecule has 2 rings (SSSR count). The zero-order chi connectivity index (χ0) is 16.3. The van der Waals surface area contributed by atoms with Crippen LogP contribution in [-0.2, 0) is 14.6 Å². The van der Waals surface area contributed by atoms with Crippen LogP contribution in [-0.4, -0.2) is 43.3 Å². The molecule has 1 unspecified atom stereocenters. The Morgan fingerprint density at radius 3 is 2.68 bits per heavy atom. The minimum Gasteiger partial charge on any atom is -0.332 e. The molecule has 0 radical (unpaired) electrons. The summed E-state index contributed by atoms with van der Waals surface area (Å²) in [7, 11) is -3.12. The number of hydrogen-bond acceptors (Lipinski definition) is 3. The van der Waals surface area contributed by atoms with E-state index >= 15 is 0 Å². The number of hydrogen-bond donors (Lipinski definition) is 0. The number of nitrogens with zero attached hydrogens (tertiary/aromatic N) is 1. The van der Waals surface area contributed by atoms with Crippen LogP contribution in [0.25, 0.3) is 6.08 Å². The summed E-state index contributed by atoms with van der Waals surface area (Å²) in [5.74, 6) is -0.168. The van der Waals surface area contributed by atoms with Gasteiger partial charge >= 0.3 is 0 Å². The number of rotatable bonds is 6. The first-order valence-electron chi connectivity index (χ1n) is 7.20. The average molecular weight is 342 g/mol. The van der Waals surface area contributed by atoms with Crippen molar-refractivity contribution in [2.45, 2.75) is 31.8 Å². The first-order valence-corrected chi connectivity index (χ1v) is 9.64. The number of sulfone groups is 1. The molecule has 0 N–H and O–H groups in total. The Morgan fingerprint density at radius 1 is 1.45 bits per heavy atom. The minimum absolute atomic E-state index is 0.0136. The standard InChI is InChI=1S/C16H20ClNO3S/c1-12(11-22(2,20)21)18(15-7-8-15)16(19)9-6-13-4-3-5-14(17)10-13/h3-6,9-10,12,15H,7-8,11H2,1-2H3. The molecule has 0 bridgehead atoms. The van der Waals surface area contributed by atoms with Gasteiger partial charge in [0.15, 0.2) is 0 Å². The molecular weight excluding hydrogens is 322 g/mol. The van der Waals surface area contributed by atoms with E-state index in [0.29, 0.717) is 5.02 Å². The average Bonchev–Trinajstić information content (AvgIpc) is 3.19. The molecule has 1 aromatic carbocycles. The second-order valence-electron chi connectivity index (χ2n) is 5.81. The zero-order valence-corrected chi connectivity index (χ0v) is 14.3. The molecule has 120 valence electrons. The molecule has 6 heteroatoms. The molecule has 22 heavy (non-hydrogen) atoms. The van der Waals surface area contributed by atoms with Crippen LogP contribution in [0.2, 0.25) is 5.02 Å². The Balaban J connectivity index is 2.10. The molecule has 1 aliphatic carbocycles. The van der Waals surface area contributed by atoms with E-state index in [0.717, 1.165) is 18.4 Å². The van der Waals surface area contributed by atoms with Gasteiger partial charge in [0.25, 0.3) is 0 Å². The van der Waals surface area contributed by atoms with E-state index in [1.54, 1.807) is 30.0 Å². The van der Waals surface area contributed by atoms with Gasteiger partial charge in [0.05, 0.1) is 5.75 Å². The third-order valence-electron chi connectivity index (χ3n) is 3.48. The van der Waals surface area contributed by atoms with Gasteiger partial charge in [-0.2, -0.15) is 0 Å². The highest BCUT2D eigenvalue weighted by Gasteiger charge is 2.35. The van der Waals surface area contributed by atoms with Crippen molar-refractivity contribution in [3.63, 3.8) is 0 Å². The largest absolute Gasteiger partial charge is 0.332 e.